The number of amides is 2. The summed E-state index contributed by atoms with van der Waals surface area (Å²) in [5.74, 6) is 0.974. The topological polar surface area (TPSA) is 56.8 Å². The Bertz CT molecular complexity index is 842. The van der Waals surface area contributed by atoms with Crippen LogP contribution >= 0.6 is 0 Å². The van der Waals surface area contributed by atoms with Gasteiger partial charge >= 0.3 is 0 Å². The van der Waals surface area contributed by atoms with Crippen LogP contribution < -0.4 is 9.80 Å². The highest BCUT2D eigenvalue weighted by atomic mass is 16.2. The predicted octanol–water partition coefficient (Wildman–Crippen LogP) is 2.34. The zero-order chi connectivity index (χ0) is 18.8. The second-order valence-corrected chi connectivity index (χ2v) is 7.09. The number of nitrogens with zero attached hydrogens (tertiary/aromatic N) is 4. The SMILES string of the molecule is CC(=O)N1CCN(c2ccc(C(=O)N3CCCc4ccccc43)cn2)CC1. The summed E-state index contributed by atoms with van der Waals surface area (Å²) in [5, 5.41) is 0. The van der Waals surface area contributed by atoms with Crippen LogP contribution in [0.25, 0.3) is 0 Å². The first kappa shape index (κ1) is 17.5. The molecule has 0 spiro atoms. The number of benzene rings is 1. The zero-order valence-corrected chi connectivity index (χ0v) is 15.6. The van der Waals surface area contributed by atoms with Crippen molar-refractivity contribution in [2.75, 3.05) is 42.5 Å². The van der Waals surface area contributed by atoms with Crippen LogP contribution in [0.3, 0.4) is 0 Å². The molecule has 140 valence electrons. The number of aryl methyl sites for hydroxylation is 1. The van der Waals surface area contributed by atoms with Crippen molar-refractivity contribution in [1.29, 1.82) is 0 Å². The third kappa shape index (κ3) is 3.52. The molecule has 2 aliphatic heterocycles. The molecule has 6 heteroatoms. The number of fused-ring (bicyclic) bond motifs is 1. The molecule has 1 aromatic carbocycles. The average molecular weight is 364 g/mol. The van der Waals surface area contributed by atoms with E-state index in [1.54, 1.807) is 13.1 Å². The first-order valence-electron chi connectivity index (χ1n) is 9.50. The summed E-state index contributed by atoms with van der Waals surface area (Å²) >= 11 is 0. The van der Waals surface area contributed by atoms with Gasteiger partial charge in [-0.05, 0) is 36.6 Å². The maximum Gasteiger partial charge on any atom is 0.259 e. The molecule has 2 amide bonds. The van der Waals surface area contributed by atoms with E-state index < -0.39 is 0 Å². The van der Waals surface area contributed by atoms with E-state index in [0.717, 1.165) is 44.0 Å². The minimum absolute atomic E-state index is 0.00241. The Labute approximate surface area is 159 Å². The third-order valence-electron chi connectivity index (χ3n) is 5.40. The molecule has 1 aromatic heterocycles. The van der Waals surface area contributed by atoms with E-state index in [-0.39, 0.29) is 11.8 Å². The number of hydrogen-bond donors (Lipinski definition) is 0. The zero-order valence-electron chi connectivity index (χ0n) is 15.6. The maximum absolute atomic E-state index is 13.0. The van der Waals surface area contributed by atoms with Crippen LogP contribution in [-0.2, 0) is 11.2 Å². The minimum atomic E-state index is 0.00241. The van der Waals surface area contributed by atoms with Gasteiger partial charge < -0.3 is 14.7 Å². The highest BCUT2D eigenvalue weighted by Crippen LogP contribution is 2.28. The molecule has 1 saturated heterocycles. The van der Waals surface area contributed by atoms with Gasteiger partial charge in [-0.1, -0.05) is 18.2 Å². The highest BCUT2D eigenvalue weighted by Gasteiger charge is 2.24. The lowest BCUT2D eigenvalue weighted by Crippen LogP contribution is -2.48. The van der Waals surface area contributed by atoms with Crippen LogP contribution in [0.1, 0.15) is 29.3 Å². The number of pyridine rings is 1. The number of para-hydroxylation sites is 1. The number of hydrogen-bond acceptors (Lipinski definition) is 4. The Balaban J connectivity index is 1.47. The first-order valence-corrected chi connectivity index (χ1v) is 9.50. The Morgan fingerprint density at radius 2 is 1.74 bits per heavy atom. The van der Waals surface area contributed by atoms with Gasteiger partial charge in [0.2, 0.25) is 5.91 Å². The Hall–Kier alpha value is -2.89. The standard InChI is InChI=1S/C21H24N4O2/c1-16(26)23-11-13-24(14-12-23)20-9-8-18(15-22-20)21(27)25-10-4-6-17-5-2-3-7-19(17)25/h2-3,5,7-9,15H,4,6,10-14H2,1H3. The lowest BCUT2D eigenvalue weighted by Gasteiger charge is -2.35. The van der Waals surface area contributed by atoms with Gasteiger partial charge in [-0.2, -0.15) is 0 Å². The molecule has 6 nitrogen and oxygen atoms in total. The van der Waals surface area contributed by atoms with Crippen LogP contribution in [0.5, 0.6) is 0 Å². The van der Waals surface area contributed by atoms with E-state index in [9.17, 15) is 9.59 Å². The van der Waals surface area contributed by atoms with Crippen molar-refractivity contribution < 1.29 is 9.59 Å². The van der Waals surface area contributed by atoms with Gasteiger partial charge in [-0.3, -0.25) is 9.59 Å². The second kappa shape index (κ2) is 7.39. The summed E-state index contributed by atoms with van der Waals surface area (Å²) < 4.78 is 0. The lowest BCUT2D eigenvalue weighted by atomic mass is 10.0. The van der Waals surface area contributed by atoms with Gasteiger partial charge in [0.1, 0.15) is 5.82 Å². The third-order valence-corrected chi connectivity index (χ3v) is 5.40. The molecule has 1 fully saturated rings. The van der Waals surface area contributed by atoms with Crippen molar-refractivity contribution in [2.45, 2.75) is 19.8 Å². The van der Waals surface area contributed by atoms with E-state index in [2.05, 4.69) is 16.0 Å². The molecular weight excluding hydrogens is 340 g/mol. The van der Waals surface area contributed by atoms with E-state index in [1.165, 1.54) is 5.56 Å². The summed E-state index contributed by atoms with van der Waals surface area (Å²) in [5.41, 5.74) is 2.85. The Kier molecular flexibility index (Phi) is 4.79. The van der Waals surface area contributed by atoms with Crippen molar-refractivity contribution in [1.82, 2.24) is 9.88 Å². The van der Waals surface area contributed by atoms with E-state index in [4.69, 9.17) is 0 Å². The number of carbonyl (C=O) groups excluding carboxylic acids is 2. The van der Waals surface area contributed by atoms with Crippen LogP contribution in [-0.4, -0.2) is 54.4 Å². The highest BCUT2D eigenvalue weighted by molar-refractivity contribution is 6.06. The quantitative estimate of drug-likeness (QED) is 0.821. The summed E-state index contributed by atoms with van der Waals surface area (Å²) in [6.45, 7) is 5.29. The molecule has 3 heterocycles. The minimum Gasteiger partial charge on any atom is -0.353 e. The summed E-state index contributed by atoms with van der Waals surface area (Å²) in [6.07, 6.45) is 3.67. The second-order valence-electron chi connectivity index (χ2n) is 7.09. The molecular formula is C21H24N4O2. The molecule has 27 heavy (non-hydrogen) atoms. The van der Waals surface area contributed by atoms with Gasteiger partial charge in [-0.15, -0.1) is 0 Å². The van der Waals surface area contributed by atoms with Crippen molar-refractivity contribution in [3.8, 4) is 0 Å². The molecule has 0 bridgehead atoms. The summed E-state index contributed by atoms with van der Waals surface area (Å²) in [4.78, 5) is 34.8. The van der Waals surface area contributed by atoms with Crippen LogP contribution in [0, 0.1) is 0 Å². The normalized spacial score (nSPS) is 16.9. The predicted molar refractivity (Wildman–Crippen MR) is 105 cm³/mol. The van der Waals surface area contributed by atoms with Gasteiger partial charge in [-0.25, -0.2) is 4.98 Å². The van der Waals surface area contributed by atoms with E-state index in [0.29, 0.717) is 18.7 Å². The van der Waals surface area contributed by atoms with E-state index in [1.807, 2.05) is 40.1 Å². The van der Waals surface area contributed by atoms with Gasteiger partial charge in [0, 0.05) is 51.5 Å². The van der Waals surface area contributed by atoms with Crippen molar-refractivity contribution in [3.63, 3.8) is 0 Å². The fourth-order valence-corrected chi connectivity index (χ4v) is 3.85. The van der Waals surface area contributed by atoms with Gasteiger partial charge in [0.15, 0.2) is 0 Å². The smallest absolute Gasteiger partial charge is 0.259 e. The van der Waals surface area contributed by atoms with Gasteiger partial charge in [0.25, 0.3) is 5.91 Å². The monoisotopic (exact) mass is 364 g/mol. The van der Waals surface area contributed by atoms with Crippen molar-refractivity contribution in [2.24, 2.45) is 0 Å². The molecule has 0 unspecified atom stereocenters. The largest absolute Gasteiger partial charge is 0.353 e. The van der Waals surface area contributed by atoms with Crippen LogP contribution in [0.4, 0.5) is 11.5 Å². The summed E-state index contributed by atoms with van der Waals surface area (Å²) in [7, 11) is 0. The maximum atomic E-state index is 13.0. The molecule has 0 N–H and O–H groups in total. The Morgan fingerprint density at radius 1 is 0.963 bits per heavy atom. The molecule has 0 radical (unpaired) electrons. The number of anilines is 2. The fourth-order valence-electron chi connectivity index (χ4n) is 3.85. The van der Waals surface area contributed by atoms with Crippen LogP contribution in [0.2, 0.25) is 0 Å². The van der Waals surface area contributed by atoms with Crippen LogP contribution in [0.15, 0.2) is 42.6 Å². The molecule has 2 aliphatic rings. The molecule has 0 aliphatic carbocycles. The summed E-state index contributed by atoms with van der Waals surface area (Å²) in [6, 6.07) is 11.9. The first-order chi connectivity index (χ1) is 13.1. The lowest BCUT2D eigenvalue weighted by molar-refractivity contribution is -0.129. The van der Waals surface area contributed by atoms with Gasteiger partial charge in [0.05, 0.1) is 5.56 Å². The van der Waals surface area contributed by atoms with Crippen molar-refractivity contribution in [3.05, 3.63) is 53.7 Å². The number of rotatable bonds is 2. The molecule has 0 saturated carbocycles. The Morgan fingerprint density at radius 3 is 2.44 bits per heavy atom. The molecule has 4 rings (SSSR count). The fraction of sp³-hybridized carbons (Fsp3) is 0.381. The number of aromatic nitrogens is 1. The number of carbonyl (C=O) groups is 2. The van der Waals surface area contributed by atoms with Crippen molar-refractivity contribution >= 4 is 23.3 Å². The molecule has 0 atom stereocenters. The van der Waals surface area contributed by atoms with E-state index >= 15 is 0 Å². The number of piperazine rings is 1. The molecule has 2 aromatic rings. The average Bonchev–Trinajstić information content (AvgIpc) is 2.73.